The number of halogens is 3. The van der Waals surface area contributed by atoms with Crippen LogP contribution >= 0.6 is 0 Å². The summed E-state index contributed by atoms with van der Waals surface area (Å²) >= 11 is 0. The number of carbonyl (C=O) groups is 1. The van der Waals surface area contributed by atoms with Gasteiger partial charge in [0.05, 0.1) is 23.0 Å². The molecule has 1 saturated heterocycles. The van der Waals surface area contributed by atoms with Gasteiger partial charge in [0, 0.05) is 26.2 Å². The van der Waals surface area contributed by atoms with Crippen molar-refractivity contribution >= 4 is 21.8 Å². The van der Waals surface area contributed by atoms with Gasteiger partial charge < -0.3 is 19.6 Å². The first-order valence-corrected chi connectivity index (χ1v) is 11.1. The molecule has 180 valence electrons. The van der Waals surface area contributed by atoms with Crippen LogP contribution in [0.1, 0.15) is 5.69 Å². The second-order valence-electron chi connectivity index (χ2n) is 7.54. The van der Waals surface area contributed by atoms with E-state index in [4.69, 9.17) is 0 Å². The Hall–Kier alpha value is -2.97. The monoisotopic (exact) mass is 489 g/mol. The number of hydrogen-bond acceptors (Lipinski definition) is 8. The SMILES string of the molecule is CN(C)Cc1cnc(N2CCN(S(=O)(=O)c3ccc(OC(F)(F)F)cc3)[C@@H](C(=O)O)C2)cn1. The Kier molecular flexibility index (Phi) is 7.09. The number of hydrogen-bond donors (Lipinski definition) is 1. The summed E-state index contributed by atoms with van der Waals surface area (Å²) in [5.41, 5.74) is 0.720. The first-order chi connectivity index (χ1) is 15.4. The maximum absolute atomic E-state index is 13.0. The largest absolute Gasteiger partial charge is 0.573 e. The van der Waals surface area contributed by atoms with Crippen molar-refractivity contribution in [3.63, 3.8) is 0 Å². The van der Waals surface area contributed by atoms with Gasteiger partial charge in [0.1, 0.15) is 17.6 Å². The molecule has 3 rings (SSSR count). The van der Waals surface area contributed by atoms with Gasteiger partial charge in [-0.3, -0.25) is 9.78 Å². The number of nitrogens with zero attached hydrogens (tertiary/aromatic N) is 5. The summed E-state index contributed by atoms with van der Waals surface area (Å²) in [4.78, 5) is 23.7. The molecule has 0 aliphatic carbocycles. The zero-order valence-corrected chi connectivity index (χ0v) is 18.5. The lowest BCUT2D eigenvalue weighted by Gasteiger charge is -2.38. The molecule has 0 bridgehead atoms. The number of carboxylic acids is 1. The molecule has 2 aromatic rings. The number of carboxylic acid groups (broad SMARTS) is 1. The van der Waals surface area contributed by atoms with E-state index >= 15 is 0 Å². The molecule has 2 heterocycles. The summed E-state index contributed by atoms with van der Waals surface area (Å²) in [6, 6.07) is 2.17. The van der Waals surface area contributed by atoms with Crippen LogP contribution in [-0.2, 0) is 21.4 Å². The number of benzene rings is 1. The molecule has 14 heteroatoms. The lowest BCUT2D eigenvalue weighted by atomic mass is 10.2. The fraction of sp³-hybridized carbons (Fsp3) is 0.421. The van der Waals surface area contributed by atoms with E-state index in [-0.39, 0.29) is 24.5 Å². The van der Waals surface area contributed by atoms with E-state index in [9.17, 15) is 31.5 Å². The van der Waals surface area contributed by atoms with Crippen molar-refractivity contribution in [2.24, 2.45) is 0 Å². The van der Waals surface area contributed by atoms with Crippen LogP contribution in [0.3, 0.4) is 0 Å². The van der Waals surface area contributed by atoms with Gasteiger partial charge in [-0.25, -0.2) is 13.4 Å². The summed E-state index contributed by atoms with van der Waals surface area (Å²) in [7, 11) is -0.538. The molecule has 1 atom stereocenters. The van der Waals surface area contributed by atoms with Crippen molar-refractivity contribution in [2.45, 2.75) is 23.8 Å². The summed E-state index contributed by atoms with van der Waals surface area (Å²) < 4.78 is 67.6. The lowest BCUT2D eigenvalue weighted by Crippen LogP contribution is -2.58. The average molecular weight is 489 g/mol. The Morgan fingerprint density at radius 2 is 1.85 bits per heavy atom. The summed E-state index contributed by atoms with van der Waals surface area (Å²) in [6.07, 6.45) is -1.85. The Morgan fingerprint density at radius 3 is 2.36 bits per heavy atom. The minimum absolute atomic E-state index is 0.153. The topological polar surface area (TPSA) is 116 Å². The fourth-order valence-corrected chi connectivity index (χ4v) is 4.89. The number of piperazine rings is 1. The van der Waals surface area contributed by atoms with E-state index < -0.39 is 34.1 Å². The zero-order chi connectivity index (χ0) is 24.4. The standard InChI is InChI=1S/C19H22F3N5O5S/c1-25(2)11-13-9-24-17(10-23-13)26-7-8-27(16(12-26)18(28)29)33(30,31)15-5-3-14(4-6-15)32-19(20,21)22/h3-6,9-10,16H,7-8,11-12H2,1-2H3,(H,28,29)/t16-/m1/s1. The normalized spacial score (nSPS) is 17.9. The quantitative estimate of drug-likeness (QED) is 0.616. The molecule has 1 N–H and O–H groups in total. The van der Waals surface area contributed by atoms with E-state index in [1.54, 1.807) is 11.1 Å². The van der Waals surface area contributed by atoms with Crippen LogP contribution in [0.15, 0.2) is 41.6 Å². The van der Waals surface area contributed by atoms with Crippen molar-refractivity contribution < 1.29 is 36.2 Å². The molecule has 10 nitrogen and oxygen atoms in total. The molecule has 0 amide bonds. The van der Waals surface area contributed by atoms with Crippen LogP contribution in [0.25, 0.3) is 0 Å². The third-order valence-electron chi connectivity index (χ3n) is 4.77. The molecule has 1 aromatic carbocycles. The smallest absolute Gasteiger partial charge is 0.480 e. The molecule has 1 aromatic heterocycles. The molecular formula is C19H22F3N5O5S. The Labute approximate surface area is 188 Å². The van der Waals surface area contributed by atoms with Crippen LogP contribution in [0.4, 0.5) is 19.0 Å². The van der Waals surface area contributed by atoms with E-state index in [0.29, 0.717) is 12.4 Å². The first kappa shape index (κ1) is 24.7. The minimum atomic E-state index is -4.92. The van der Waals surface area contributed by atoms with Gasteiger partial charge in [0.15, 0.2) is 0 Å². The van der Waals surface area contributed by atoms with Gasteiger partial charge in [-0.1, -0.05) is 0 Å². The molecule has 33 heavy (non-hydrogen) atoms. The molecular weight excluding hydrogens is 467 g/mol. The fourth-order valence-electron chi connectivity index (χ4n) is 3.33. The molecule has 0 spiro atoms. The van der Waals surface area contributed by atoms with E-state index in [1.165, 1.54) is 6.20 Å². The zero-order valence-electron chi connectivity index (χ0n) is 17.7. The van der Waals surface area contributed by atoms with Crippen LogP contribution in [0.5, 0.6) is 5.75 Å². The van der Waals surface area contributed by atoms with Gasteiger partial charge in [-0.05, 0) is 38.4 Å². The first-order valence-electron chi connectivity index (χ1n) is 9.68. The highest BCUT2D eigenvalue weighted by atomic mass is 32.2. The summed E-state index contributed by atoms with van der Waals surface area (Å²) in [5, 5.41) is 9.68. The lowest BCUT2D eigenvalue weighted by molar-refractivity contribution is -0.274. The molecule has 0 radical (unpaired) electrons. The van der Waals surface area contributed by atoms with E-state index in [0.717, 1.165) is 34.3 Å². The second kappa shape index (κ2) is 9.49. The van der Waals surface area contributed by atoms with Crippen molar-refractivity contribution in [3.8, 4) is 5.75 Å². The highest BCUT2D eigenvalue weighted by Crippen LogP contribution is 2.27. The van der Waals surface area contributed by atoms with Crippen molar-refractivity contribution in [3.05, 3.63) is 42.4 Å². The molecule has 0 unspecified atom stereocenters. The van der Waals surface area contributed by atoms with Gasteiger partial charge in [-0.2, -0.15) is 4.31 Å². The van der Waals surface area contributed by atoms with Crippen molar-refractivity contribution in [2.75, 3.05) is 38.6 Å². The second-order valence-corrected chi connectivity index (χ2v) is 9.43. The number of rotatable bonds is 7. The number of aromatic nitrogens is 2. The van der Waals surface area contributed by atoms with Gasteiger partial charge in [0.2, 0.25) is 10.0 Å². The van der Waals surface area contributed by atoms with Crippen LogP contribution in [0.2, 0.25) is 0 Å². The Bertz CT molecular complexity index is 1080. The third kappa shape index (κ3) is 6.09. The third-order valence-corrected chi connectivity index (χ3v) is 6.70. The Balaban J connectivity index is 1.78. The van der Waals surface area contributed by atoms with Crippen LogP contribution in [-0.4, -0.2) is 84.8 Å². The van der Waals surface area contributed by atoms with E-state index in [1.807, 2.05) is 19.0 Å². The summed E-state index contributed by atoms with van der Waals surface area (Å²) in [5.74, 6) is -1.54. The van der Waals surface area contributed by atoms with Gasteiger partial charge >= 0.3 is 12.3 Å². The van der Waals surface area contributed by atoms with Crippen molar-refractivity contribution in [1.29, 1.82) is 0 Å². The number of aliphatic carboxylic acids is 1. The number of sulfonamides is 1. The maximum Gasteiger partial charge on any atom is 0.573 e. The average Bonchev–Trinajstić information content (AvgIpc) is 2.72. The molecule has 1 fully saturated rings. The highest BCUT2D eigenvalue weighted by molar-refractivity contribution is 7.89. The molecule has 0 saturated carbocycles. The van der Waals surface area contributed by atoms with Crippen molar-refractivity contribution in [1.82, 2.24) is 19.2 Å². The van der Waals surface area contributed by atoms with Gasteiger partial charge in [-0.15, -0.1) is 13.2 Å². The predicted octanol–water partition coefficient (Wildman–Crippen LogP) is 1.40. The van der Waals surface area contributed by atoms with Crippen LogP contribution < -0.4 is 9.64 Å². The summed E-state index contributed by atoms with van der Waals surface area (Å²) in [6.45, 7) is 0.386. The maximum atomic E-state index is 13.0. The minimum Gasteiger partial charge on any atom is -0.480 e. The number of alkyl halides is 3. The van der Waals surface area contributed by atoms with Gasteiger partial charge in [0.25, 0.3) is 0 Å². The van der Waals surface area contributed by atoms with E-state index in [2.05, 4.69) is 14.7 Å². The highest BCUT2D eigenvalue weighted by Gasteiger charge is 2.41. The number of ether oxygens (including phenoxy) is 1. The predicted molar refractivity (Wildman–Crippen MR) is 110 cm³/mol. The molecule has 1 aliphatic heterocycles. The van der Waals surface area contributed by atoms with Crippen LogP contribution in [0, 0.1) is 0 Å². The molecule has 1 aliphatic rings. The number of anilines is 1. The Morgan fingerprint density at radius 1 is 1.18 bits per heavy atom.